The van der Waals surface area contributed by atoms with E-state index in [1.54, 1.807) is 0 Å². The summed E-state index contributed by atoms with van der Waals surface area (Å²) in [7, 11) is 0. The Hall–Kier alpha value is -5.55. The van der Waals surface area contributed by atoms with Gasteiger partial charge in [-0.05, 0) is 82.3 Å². The minimum Gasteiger partial charge on any atom is -0.478 e. The van der Waals surface area contributed by atoms with Gasteiger partial charge in [0.15, 0.2) is 0 Å². The van der Waals surface area contributed by atoms with Gasteiger partial charge in [-0.15, -0.1) is 0 Å². The fraction of sp³-hybridized carbons (Fsp3) is 0.182. The quantitative estimate of drug-likeness (QED) is 0.318. The maximum Gasteiger partial charge on any atom is 0.335 e. The fourth-order valence-electron chi connectivity index (χ4n) is 4.53. The van der Waals surface area contributed by atoms with E-state index in [0.29, 0.717) is 11.1 Å². The van der Waals surface area contributed by atoms with Crippen molar-refractivity contribution in [1.82, 2.24) is 0 Å². The zero-order valence-corrected chi connectivity index (χ0v) is 23.5. The number of hydrogen-bond acceptors (Lipinski definition) is 7. The Bertz CT molecular complexity index is 1790. The number of carboxylic acid groups (broad SMARTS) is 1. The van der Waals surface area contributed by atoms with Crippen LogP contribution in [0.3, 0.4) is 0 Å². The first-order chi connectivity index (χ1) is 20.0. The number of aromatic carboxylic acids is 1. The Morgan fingerprint density at radius 1 is 0.605 bits per heavy atom. The van der Waals surface area contributed by atoms with Gasteiger partial charge < -0.3 is 15.3 Å². The van der Waals surface area contributed by atoms with E-state index in [1.165, 1.54) is 70.2 Å². The molecule has 0 spiro atoms. The lowest BCUT2D eigenvalue weighted by atomic mass is 10.0. The van der Waals surface area contributed by atoms with E-state index in [1.807, 2.05) is 0 Å². The number of imide groups is 2. The van der Waals surface area contributed by atoms with E-state index in [4.69, 9.17) is 0 Å². The molecule has 3 N–H and O–H groups in total. The van der Waals surface area contributed by atoms with Crippen molar-refractivity contribution in [1.29, 1.82) is 0 Å². The summed E-state index contributed by atoms with van der Waals surface area (Å²) in [4.78, 5) is 67.1. The van der Waals surface area contributed by atoms with Gasteiger partial charge in [-0.25, -0.2) is 14.6 Å². The van der Waals surface area contributed by atoms with Crippen molar-refractivity contribution in [2.45, 2.75) is 38.9 Å². The molecule has 0 bridgehead atoms. The van der Waals surface area contributed by atoms with Crippen molar-refractivity contribution in [3.05, 3.63) is 93.5 Å². The van der Waals surface area contributed by atoms with Crippen LogP contribution in [0.2, 0.25) is 0 Å². The van der Waals surface area contributed by atoms with Gasteiger partial charge in [0.05, 0.1) is 39.2 Å². The number of carbonyl (C=O) groups excluding carboxylic acids is 4. The highest BCUT2D eigenvalue weighted by Crippen LogP contribution is 2.36. The summed E-state index contributed by atoms with van der Waals surface area (Å²) < 4.78 is 0. The smallest absolute Gasteiger partial charge is 0.335 e. The molecule has 0 unspecified atom stereocenters. The fourth-order valence-corrected chi connectivity index (χ4v) is 4.53. The van der Waals surface area contributed by atoms with Gasteiger partial charge in [0.2, 0.25) is 0 Å². The molecular weight excluding hydrogens is 552 g/mol. The van der Waals surface area contributed by atoms with Gasteiger partial charge in [0.1, 0.15) is 11.2 Å². The monoisotopic (exact) mass is 576 g/mol. The molecule has 10 nitrogen and oxygen atoms in total. The minimum atomic E-state index is -1.41. The van der Waals surface area contributed by atoms with Crippen LogP contribution in [0.25, 0.3) is 0 Å². The molecule has 3 aromatic rings. The van der Waals surface area contributed by atoms with Crippen molar-refractivity contribution in [2.75, 3.05) is 9.80 Å². The Balaban J connectivity index is 1.55. The van der Waals surface area contributed by atoms with Crippen LogP contribution in [0.1, 0.15) is 90.6 Å². The zero-order valence-electron chi connectivity index (χ0n) is 23.5. The summed E-state index contributed by atoms with van der Waals surface area (Å²) in [6.45, 7) is 5.98. The number of benzene rings is 3. The zero-order chi connectivity index (χ0) is 31.4. The highest BCUT2D eigenvalue weighted by Gasteiger charge is 2.40. The lowest BCUT2D eigenvalue weighted by molar-refractivity contribution is 0.0694. The highest BCUT2D eigenvalue weighted by molar-refractivity contribution is 6.36. The number of rotatable bonds is 3. The molecule has 0 radical (unpaired) electrons. The van der Waals surface area contributed by atoms with Crippen LogP contribution in [0.5, 0.6) is 0 Å². The molecule has 4 amide bonds. The SMILES string of the molecule is CC(C)(O)C#Cc1ccc2c(c1)C(=O)N(c1cc(C(=O)O)cc(N3C(=O)c4ccc(C#CC(C)(C)O)cc4C3=O)c1)C2=O. The number of carbonyl (C=O) groups is 5. The predicted molar refractivity (Wildman–Crippen MR) is 155 cm³/mol. The summed E-state index contributed by atoms with van der Waals surface area (Å²) in [5.74, 6) is 6.39. The third-order valence-corrected chi connectivity index (χ3v) is 6.46. The number of amides is 4. The second kappa shape index (κ2) is 10.1. The Kier molecular flexibility index (Phi) is 6.78. The molecule has 2 aliphatic rings. The van der Waals surface area contributed by atoms with Gasteiger partial charge in [0, 0.05) is 11.1 Å². The van der Waals surface area contributed by atoms with Crippen molar-refractivity contribution < 1.29 is 39.3 Å². The van der Waals surface area contributed by atoms with Crippen molar-refractivity contribution >= 4 is 41.0 Å². The van der Waals surface area contributed by atoms with Crippen LogP contribution in [-0.4, -0.2) is 56.1 Å². The molecule has 0 atom stereocenters. The van der Waals surface area contributed by atoms with Crippen LogP contribution in [0.4, 0.5) is 11.4 Å². The summed E-state index contributed by atoms with van der Waals surface area (Å²) >= 11 is 0. The minimum absolute atomic E-state index is 0.0234. The van der Waals surface area contributed by atoms with E-state index in [2.05, 4.69) is 23.7 Å². The maximum absolute atomic E-state index is 13.4. The van der Waals surface area contributed by atoms with E-state index in [9.17, 15) is 39.3 Å². The Morgan fingerprint density at radius 2 is 0.977 bits per heavy atom. The van der Waals surface area contributed by atoms with Crippen LogP contribution in [-0.2, 0) is 0 Å². The summed E-state index contributed by atoms with van der Waals surface area (Å²) in [5, 5.41) is 29.6. The standard InChI is InChI=1S/C33H24N2O8/c1-32(2,42)11-9-18-5-7-23-25(13-18)29(38)34(27(23)36)21-15-20(31(40)41)16-22(17-21)35-28(37)24-8-6-19(10-12-33(3,4)43)14-26(24)30(35)39/h5-8,13-17,42-43H,1-4H3,(H,40,41). The summed E-state index contributed by atoms with van der Waals surface area (Å²) in [6, 6.07) is 12.1. The van der Waals surface area contributed by atoms with Gasteiger partial charge in [0.25, 0.3) is 23.6 Å². The third kappa shape index (κ3) is 5.53. The van der Waals surface area contributed by atoms with E-state index >= 15 is 0 Å². The van der Waals surface area contributed by atoms with E-state index in [0.717, 1.165) is 21.9 Å². The summed E-state index contributed by atoms with van der Waals surface area (Å²) in [5.41, 5.74) is -2.33. The molecular formula is C33H24N2O8. The number of aliphatic hydroxyl groups is 2. The molecule has 0 fully saturated rings. The summed E-state index contributed by atoms with van der Waals surface area (Å²) in [6.07, 6.45) is 0. The lowest BCUT2D eigenvalue weighted by Crippen LogP contribution is -2.32. The highest BCUT2D eigenvalue weighted by atomic mass is 16.4. The molecule has 214 valence electrons. The van der Waals surface area contributed by atoms with Crippen LogP contribution >= 0.6 is 0 Å². The van der Waals surface area contributed by atoms with Gasteiger partial charge >= 0.3 is 5.97 Å². The van der Waals surface area contributed by atoms with Crippen LogP contribution < -0.4 is 9.80 Å². The number of anilines is 2. The molecule has 10 heteroatoms. The molecule has 2 heterocycles. The van der Waals surface area contributed by atoms with E-state index in [-0.39, 0.29) is 39.2 Å². The number of fused-ring (bicyclic) bond motifs is 2. The van der Waals surface area contributed by atoms with Gasteiger partial charge in [-0.1, -0.05) is 23.7 Å². The van der Waals surface area contributed by atoms with Crippen molar-refractivity contribution in [2.24, 2.45) is 0 Å². The Labute approximate surface area is 246 Å². The normalized spacial score (nSPS) is 14.2. The molecule has 0 saturated carbocycles. The maximum atomic E-state index is 13.4. The molecule has 0 aromatic heterocycles. The van der Waals surface area contributed by atoms with Gasteiger partial charge in [-0.3, -0.25) is 19.2 Å². The molecule has 2 aliphatic heterocycles. The molecule has 5 rings (SSSR count). The second-order valence-electron chi connectivity index (χ2n) is 11.1. The number of hydrogen-bond donors (Lipinski definition) is 3. The molecule has 0 aliphatic carbocycles. The molecule has 0 saturated heterocycles. The number of carboxylic acids is 1. The Morgan fingerprint density at radius 3 is 1.33 bits per heavy atom. The molecule has 3 aromatic carbocycles. The van der Waals surface area contributed by atoms with Crippen molar-refractivity contribution in [3.63, 3.8) is 0 Å². The van der Waals surface area contributed by atoms with Crippen molar-refractivity contribution in [3.8, 4) is 23.7 Å². The predicted octanol–water partition coefficient (Wildman–Crippen LogP) is 3.23. The molecule has 43 heavy (non-hydrogen) atoms. The van der Waals surface area contributed by atoms with Crippen LogP contribution in [0.15, 0.2) is 54.6 Å². The second-order valence-corrected chi connectivity index (χ2v) is 11.1. The van der Waals surface area contributed by atoms with Crippen LogP contribution in [0, 0.1) is 23.7 Å². The average molecular weight is 577 g/mol. The lowest BCUT2D eigenvalue weighted by Gasteiger charge is -2.20. The topological polar surface area (TPSA) is 153 Å². The third-order valence-electron chi connectivity index (χ3n) is 6.46. The number of nitrogens with zero attached hydrogens (tertiary/aromatic N) is 2. The average Bonchev–Trinajstić information content (AvgIpc) is 3.33. The first kappa shape index (κ1) is 29.0. The van der Waals surface area contributed by atoms with Gasteiger partial charge in [-0.2, -0.15) is 0 Å². The first-order valence-electron chi connectivity index (χ1n) is 13.0. The first-order valence-corrected chi connectivity index (χ1v) is 13.0. The van der Waals surface area contributed by atoms with E-state index < -0.39 is 40.8 Å². The largest absolute Gasteiger partial charge is 0.478 e.